The summed E-state index contributed by atoms with van der Waals surface area (Å²) in [5, 5.41) is 8.47. The van der Waals surface area contributed by atoms with E-state index in [0.717, 1.165) is 4.47 Å². The monoisotopic (exact) mass is 457 g/mol. The molecule has 0 aliphatic heterocycles. The van der Waals surface area contributed by atoms with Gasteiger partial charge in [-0.3, -0.25) is 14.9 Å². The Hall–Kier alpha value is -2.97. The van der Waals surface area contributed by atoms with Crippen molar-refractivity contribution in [3.8, 4) is 0 Å². The lowest BCUT2D eigenvalue weighted by Gasteiger charge is -2.10. The van der Waals surface area contributed by atoms with Gasteiger partial charge in [0.1, 0.15) is 5.76 Å². The summed E-state index contributed by atoms with van der Waals surface area (Å²) in [5.74, 6) is 0.159. The summed E-state index contributed by atoms with van der Waals surface area (Å²) in [6.45, 7) is 0.317. The molecular weight excluding hydrogens is 442 g/mol. The molecule has 142 valence electrons. The fourth-order valence-corrected chi connectivity index (χ4v) is 2.80. The predicted octanol–water partition coefficient (Wildman–Crippen LogP) is 4.10. The molecule has 28 heavy (non-hydrogen) atoms. The molecule has 8 heteroatoms. The lowest BCUT2D eigenvalue weighted by Crippen LogP contribution is -2.34. The minimum absolute atomic E-state index is 0.169. The van der Waals surface area contributed by atoms with Gasteiger partial charge in [-0.1, -0.05) is 15.9 Å². The van der Waals surface area contributed by atoms with Crippen LogP contribution in [-0.2, 0) is 6.54 Å². The van der Waals surface area contributed by atoms with Crippen molar-refractivity contribution in [2.45, 2.75) is 6.54 Å². The van der Waals surface area contributed by atoms with Gasteiger partial charge in [0.2, 0.25) is 0 Å². The molecular formula is C20H16BrN3O3S. The van der Waals surface area contributed by atoms with Crippen molar-refractivity contribution in [2.75, 3.05) is 5.32 Å². The van der Waals surface area contributed by atoms with Crippen LogP contribution in [0.4, 0.5) is 5.69 Å². The number of nitrogens with one attached hydrogen (secondary N) is 3. The van der Waals surface area contributed by atoms with Crippen molar-refractivity contribution in [3.63, 3.8) is 0 Å². The first-order valence-corrected chi connectivity index (χ1v) is 9.50. The Morgan fingerprint density at radius 3 is 2.21 bits per heavy atom. The number of furan rings is 1. The number of halogens is 1. The van der Waals surface area contributed by atoms with Gasteiger partial charge in [-0.15, -0.1) is 0 Å². The van der Waals surface area contributed by atoms with Crippen LogP contribution in [0, 0.1) is 0 Å². The molecule has 0 radical (unpaired) electrons. The molecule has 1 heterocycles. The molecule has 3 aromatic rings. The second-order valence-corrected chi connectivity index (χ2v) is 7.08. The van der Waals surface area contributed by atoms with E-state index in [1.165, 1.54) is 0 Å². The van der Waals surface area contributed by atoms with E-state index in [1.54, 1.807) is 66.9 Å². The standard InChI is InChI=1S/C20H16BrN3O3S/c21-15-7-3-14(4-8-15)19(26)24-20(28)23-16-9-5-13(6-10-16)18(25)22-12-17-2-1-11-27-17/h1-11H,12H2,(H,22,25)(H2,23,24,26,28). The third kappa shape index (κ3) is 5.51. The molecule has 0 aliphatic rings. The first-order chi connectivity index (χ1) is 13.5. The summed E-state index contributed by atoms with van der Waals surface area (Å²) in [6.07, 6.45) is 1.56. The highest BCUT2D eigenvalue weighted by atomic mass is 79.9. The maximum atomic E-state index is 12.2. The zero-order valence-corrected chi connectivity index (χ0v) is 17.0. The zero-order chi connectivity index (χ0) is 19.9. The van der Waals surface area contributed by atoms with Crippen LogP contribution in [0.1, 0.15) is 26.5 Å². The summed E-state index contributed by atoms with van der Waals surface area (Å²) < 4.78 is 6.06. The van der Waals surface area contributed by atoms with Crippen molar-refractivity contribution in [2.24, 2.45) is 0 Å². The van der Waals surface area contributed by atoms with E-state index >= 15 is 0 Å². The van der Waals surface area contributed by atoms with Gasteiger partial charge in [0.25, 0.3) is 11.8 Å². The number of thiocarbonyl (C=S) groups is 1. The summed E-state index contributed by atoms with van der Waals surface area (Å²) in [4.78, 5) is 24.3. The molecule has 0 saturated carbocycles. The number of amides is 2. The smallest absolute Gasteiger partial charge is 0.257 e. The topological polar surface area (TPSA) is 83.4 Å². The molecule has 6 nitrogen and oxygen atoms in total. The molecule has 2 aromatic carbocycles. The quantitative estimate of drug-likeness (QED) is 0.502. The van der Waals surface area contributed by atoms with Crippen LogP contribution in [0.15, 0.2) is 75.8 Å². The lowest BCUT2D eigenvalue weighted by molar-refractivity contribution is 0.0946. The predicted molar refractivity (Wildman–Crippen MR) is 114 cm³/mol. The summed E-state index contributed by atoms with van der Waals surface area (Å²) >= 11 is 8.49. The largest absolute Gasteiger partial charge is 0.467 e. The average molecular weight is 458 g/mol. The Kier molecular flexibility index (Phi) is 6.57. The number of rotatable bonds is 5. The maximum Gasteiger partial charge on any atom is 0.257 e. The number of carbonyl (C=O) groups excluding carboxylic acids is 2. The summed E-state index contributed by atoms with van der Waals surface area (Å²) in [6, 6.07) is 17.2. The van der Waals surface area contributed by atoms with Crippen molar-refractivity contribution in [1.29, 1.82) is 0 Å². The normalized spacial score (nSPS) is 10.2. The van der Waals surface area contributed by atoms with Crippen LogP contribution in [-0.4, -0.2) is 16.9 Å². The van der Waals surface area contributed by atoms with E-state index in [9.17, 15) is 9.59 Å². The fraction of sp³-hybridized carbons (Fsp3) is 0.0500. The van der Waals surface area contributed by atoms with Gasteiger partial charge in [0.05, 0.1) is 12.8 Å². The number of hydrogen-bond donors (Lipinski definition) is 3. The van der Waals surface area contributed by atoms with Crippen molar-refractivity contribution >= 4 is 50.8 Å². The number of carbonyl (C=O) groups is 2. The molecule has 0 atom stereocenters. The maximum absolute atomic E-state index is 12.2. The molecule has 0 spiro atoms. The van der Waals surface area contributed by atoms with Gasteiger partial charge in [0.15, 0.2) is 5.11 Å². The van der Waals surface area contributed by atoms with Crippen LogP contribution >= 0.6 is 28.1 Å². The molecule has 0 unspecified atom stereocenters. The van der Waals surface area contributed by atoms with Crippen LogP contribution in [0.2, 0.25) is 0 Å². The van der Waals surface area contributed by atoms with E-state index in [1.807, 2.05) is 0 Å². The molecule has 2 amide bonds. The highest BCUT2D eigenvalue weighted by Crippen LogP contribution is 2.12. The van der Waals surface area contributed by atoms with Gasteiger partial charge >= 0.3 is 0 Å². The number of hydrogen-bond acceptors (Lipinski definition) is 4. The first kappa shape index (κ1) is 19.8. The molecule has 3 N–H and O–H groups in total. The lowest BCUT2D eigenvalue weighted by atomic mass is 10.2. The van der Waals surface area contributed by atoms with Crippen LogP contribution in [0.3, 0.4) is 0 Å². The van der Waals surface area contributed by atoms with Crippen LogP contribution < -0.4 is 16.0 Å². The minimum Gasteiger partial charge on any atom is -0.467 e. The minimum atomic E-state index is -0.307. The summed E-state index contributed by atoms with van der Waals surface area (Å²) in [5.41, 5.74) is 1.65. The molecule has 0 saturated heterocycles. The van der Waals surface area contributed by atoms with Gasteiger partial charge in [0, 0.05) is 21.3 Å². The van der Waals surface area contributed by atoms with E-state index in [4.69, 9.17) is 16.6 Å². The Morgan fingerprint density at radius 2 is 1.57 bits per heavy atom. The number of anilines is 1. The highest BCUT2D eigenvalue weighted by molar-refractivity contribution is 9.10. The van der Waals surface area contributed by atoms with Gasteiger partial charge in [-0.2, -0.15) is 0 Å². The third-order valence-corrected chi connectivity index (χ3v) is 4.47. The van der Waals surface area contributed by atoms with Crippen molar-refractivity contribution < 1.29 is 14.0 Å². The van der Waals surface area contributed by atoms with Gasteiger partial charge in [-0.25, -0.2) is 0 Å². The van der Waals surface area contributed by atoms with E-state index < -0.39 is 0 Å². The van der Waals surface area contributed by atoms with Gasteiger partial charge in [-0.05, 0) is 72.9 Å². The Balaban J connectivity index is 1.51. The zero-order valence-electron chi connectivity index (χ0n) is 14.6. The Bertz CT molecular complexity index is 971. The molecule has 1 aromatic heterocycles. The van der Waals surface area contributed by atoms with Crippen LogP contribution in [0.5, 0.6) is 0 Å². The summed E-state index contributed by atoms with van der Waals surface area (Å²) in [7, 11) is 0. The highest BCUT2D eigenvalue weighted by Gasteiger charge is 2.09. The fourth-order valence-electron chi connectivity index (χ4n) is 2.33. The SMILES string of the molecule is O=C(NCc1ccco1)c1ccc(NC(=S)NC(=O)c2ccc(Br)cc2)cc1. The van der Waals surface area contributed by atoms with Crippen molar-refractivity contribution in [1.82, 2.24) is 10.6 Å². The van der Waals surface area contributed by atoms with E-state index in [0.29, 0.717) is 29.1 Å². The third-order valence-electron chi connectivity index (χ3n) is 3.74. The molecule has 3 rings (SSSR count). The van der Waals surface area contributed by atoms with Crippen molar-refractivity contribution in [3.05, 3.63) is 88.3 Å². The molecule has 0 fully saturated rings. The second-order valence-electron chi connectivity index (χ2n) is 5.75. The molecule has 0 bridgehead atoms. The Labute approximate surface area is 175 Å². The number of benzene rings is 2. The van der Waals surface area contributed by atoms with E-state index in [2.05, 4.69) is 31.9 Å². The first-order valence-electron chi connectivity index (χ1n) is 8.30. The van der Waals surface area contributed by atoms with Gasteiger partial charge < -0.3 is 15.1 Å². The molecule has 0 aliphatic carbocycles. The second kappa shape index (κ2) is 9.29. The Morgan fingerprint density at radius 1 is 0.929 bits per heavy atom. The van der Waals surface area contributed by atoms with Crippen LogP contribution in [0.25, 0.3) is 0 Å². The van der Waals surface area contributed by atoms with E-state index in [-0.39, 0.29) is 16.9 Å². The average Bonchev–Trinajstić information content (AvgIpc) is 3.20.